The summed E-state index contributed by atoms with van der Waals surface area (Å²) in [7, 11) is 1.57. The van der Waals surface area contributed by atoms with Gasteiger partial charge < -0.3 is 19.3 Å². The number of nitrogens with zero attached hydrogens (tertiary/aromatic N) is 2. The molecule has 2 aromatic carbocycles. The fourth-order valence-electron chi connectivity index (χ4n) is 3.01. The summed E-state index contributed by atoms with van der Waals surface area (Å²) in [6.07, 6.45) is 0. The molecule has 0 bridgehead atoms. The van der Waals surface area contributed by atoms with Gasteiger partial charge in [0.15, 0.2) is 5.82 Å². The highest BCUT2D eigenvalue weighted by molar-refractivity contribution is 6.04. The molecular weight excluding hydrogens is 386 g/mol. The molecule has 0 radical (unpaired) electrons. The first-order valence-corrected chi connectivity index (χ1v) is 9.28. The molecule has 2 heterocycles. The maximum absolute atomic E-state index is 12.4. The second-order valence-electron chi connectivity index (χ2n) is 6.68. The van der Waals surface area contributed by atoms with Crippen LogP contribution in [0.25, 0.3) is 10.9 Å². The van der Waals surface area contributed by atoms with Gasteiger partial charge in [0.1, 0.15) is 23.9 Å². The number of aryl methyl sites for hydroxylation is 2. The quantitative estimate of drug-likeness (QED) is 0.436. The Hall–Kier alpha value is -4.01. The fourth-order valence-corrected chi connectivity index (χ4v) is 3.01. The van der Waals surface area contributed by atoms with Crippen molar-refractivity contribution in [2.75, 3.05) is 17.7 Å². The number of aromatic amines is 1. The minimum absolute atomic E-state index is 0.337. The number of hydrogen-bond acceptors (Lipinski definition) is 6. The van der Waals surface area contributed by atoms with Gasteiger partial charge in [0, 0.05) is 17.1 Å². The van der Waals surface area contributed by atoms with Crippen molar-refractivity contribution in [2.24, 2.45) is 0 Å². The minimum atomic E-state index is -0.418. The number of methoxy groups -OCH3 is 1. The Morgan fingerprint density at radius 1 is 1.13 bits per heavy atom. The third-order valence-electron chi connectivity index (χ3n) is 4.66. The lowest BCUT2D eigenvalue weighted by molar-refractivity contribution is 0.262. The first-order valence-electron chi connectivity index (χ1n) is 9.28. The van der Waals surface area contributed by atoms with E-state index in [4.69, 9.17) is 14.0 Å². The molecule has 0 aliphatic rings. The molecule has 2 amide bonds. The number of hydrogen-bond donors (Lipinski definition) is 3. The zero-order valence-electron chi connectivity index (χ0n) is 16.8. The van der Waals surface area contributed by atoms with Gasteiger partial charge in [-0.3, -0.25) is 10.4 Å². The van der Waals surface area contributed by atoms with Gasteiger partial charge in [-0.15, -0.1) is 0 Å². The number of rotatable bonds is 6. The summed E-state index contributed by atoms with van der Waals surface area (Å²) < 4.78 is 16.2. The number of benzene rings is 2. The molecule has 0 unspecified atom stereocenters. The third kappa shape index (κ3) is 4.04. The summed E-state index contributed by atoms with van der Waals surface area (Å²) in [5.74, 6) is 2.42. The van der Waals surface area contributed by atoms with E-state index in [9.17, 15) is 4.79 Å². The third-order valence-corrected chi connectivity index (χ3v) is 4.66. The highest BCUT2D eigenvalue weighted by atomic mass is 16.5. The van der Waals surface area contributed by atoms with Gasteiger partial charge in [0.25, 0.3) is 0 Å². The first-order chi connectivity index (χ1) is 14.5. The zero-order valence-corrected chi connectivity index (χ0v) is 16.8. The molecule has 0 atom stereocenters. The molecule has 0 spiro atoms. The highest BCUT2D eigenvalue weighted by Crippen LogP contribution is 2.27. The maximum Gasteiger partial charge on any atom is 0.324 e. The Kier molecular flexibility index (Phi) is 5.25. The molecule has 0 saturated heterocycles. The molecule has 0 aliphatic carbocycles. The van der Waals surface area contributed by atoms with Crippen LogP contribution in [0, 0.1) is 13.8 Å². The van der Waals surface area contributed by atoms with E-state index in [1.807, 2.05) is 32.0 Å². The molecule has 30 heavy (non-hydrogen) atoms. The standard InChI is InChI=1S/C21H21N5O4/c1-12-18(13(2)30-26-12)11-29-16-7-8-19-17(10-16)20(25-24-19)23-21(27)22-14-5-4-6-15(9-14)28-3/h4-10H,11H2,1-3H3,(H3,22,23,24,25,27). The number of nitrogens with one attached hydrogen (secondary N) is 3. The van der Waals surface area contributed by atoms with Crippen molar-refractivity contribution < 1.29 is 18.8 Å². The Morgan fingerprint density at radius 2 is 2.00 bits per heavy atom. The van der Waals surface area contributed by atoms with Crippen LogP contribution >= 0.6 is 0 Å². The molecule has 0 fully saturated rings. The van der Waals surface area contributed by atoms with Crippen LogP contribution < -0.4 is 20.1 Å². The molecule has 9 nitrogen and oxygen atoms in total. The smallest absolute Gasteiger partial charge is 0.324 e. The Labute approximate surface area is 172 Å². The van der Waals surface area contributed by atoms with E-state index in [-0.39, 0.29) is 0 Å². The van der Waals surface area contributed by atoms with Gasteiger partial charge in [-0.25, -0.2) is 4.79 Å². The molecule has 2 aromatic heterocycles. The van der Waals surface area contributed by atoms with Crippen LogP contribution in [0.5, 0.6) is 11.5 Å². The van der Waals surface area contributed by atoms with Crippen LogP contribution in [0.3, 0.4) is 0 Å². The number of ether oxygens (including phenoxy) is 2. The normalized spacial score (nSPS) is 10.8. The minimum Gasteiger partial charge on any atom is -0.497 e. The summed E-state index contributed by atoms with van der Waals surface area (Å²) >= 11 is 0. The van der Waals surface area contributed by atoms with E-state index in [0.717, 1.165) is 27.9 Å². The van der Waals surface area contributed by atoms with Gasteiger partial charge in [0.05, 0.1) is 23.9 Å². The molecule has 4 aromatic rings. The van der Waals surface area contributed by atoms with Crippen LogP contribution in [0.4, 0.5) is 16.3 Å². The lowest BCUT2D eigenvalue weighted by Crippen LogP contribution is -2.19. The van der Waals surface area contributed by atoms with E-state index >= 15 is 0 Å². The average molecular weight is 407 g/mol. The Balaban J connectivity index is 1.47. The maximum atomic E-state index is 12.4. The number of aromatic nitrogens is 3. The van der Waals surface area contributed by atoms with Crippen molar-refractivity contribution in [3.05, 3.63) is 59.5 Å². The van der Waals surface area contributed by atoms with Crippen LogP contribution in [-0.4, -0.2) is 28.5 Å². The predicted octanol–water partition coefficient (Wildman–Crippen LogP) is 4.40. The SMILES string of the molecule is COc1cccc(NC(=O)Nc2n[nH]c3ccc(OCc4c(C)noc4C)cc23)c1. The molecule has 154 valence electrons. The number of carbonyl (C=O) groups is 1. The number of urea groups is 1. The number of anilines is 2. The Bertz CT molecular complexity index is 1180. The van der Waals surface area contributed by atoms with Gasteiger partial charge in [-0.1, -0.05) is 11.2 Å². The van der Waals surface area contributed by atoms with E-state index in [0.29, 0.717) is 29.6 Å². The van der Waals surface area contributed by atoms with Crippen molar-refractivity contribution in [1.82, 2.24) is 15.4 Å². The van der Waals surface area contributed by atoms with Crippen molar-refractivity contribution in [2.45, 2.75) is 20.5 Å². The predicted molar refractivity (Wildman–Crippen MR) is 112 cm³/mol. The monoisotopic (exact) mass is 407 g/mol. The van der Waals surface area contributed by atoms with Gasteiger partial charge in [-0.05, 0) is 44.2 Å². The van der Waals surface area contributed by atoms with Crippen LogP contribution in [0.1, 0.15) is 17.0 Å². The van der Waals surface area contributed by atoms with Gasteiger partial charge >= 0.3 is 6.03 Å². The number of fused-ring (bicyclic) bond motifs is 1. The number of amides is 2. The summed E-state index contributed by atoms with van der Waals surface area (Å²) in [4.78, 5) is 12.4. The lowest BCUT2D eigenvalue weighted by atomic mass is 10.2. The zero-order chi connectivity index (χ0) is 21.1. The summed E-state index contributed by atoms with van der Waals surface area (Å²) in [5, 5.41) is 17.3. The van der Waals surface area contributed by atoms with E-state index < -0.39 is 6.03 Å². The van der Waals surface area contributed by atoms with Crippen LogP contribution in [0.2, 0.25) is 0 Å². The lowest BCUT2D eigenvalue weighted by Gasteiger charge is -2.08. The van der Waals surface area contributed by atoms with Gasteiger partial charge in [0.2, 0.25) is 0 Å². The van der Waals surface area contributed by atoms with E-state index in [2.05, 4.69) is 26.0 Å². The van der Waals surface area contributed by atoms with Crippen molar-refractivity contribution in [3.8, 4) is 11.5 Å². The van der Waals surface area contributed by atoms with E-state index in [1.54, 1.807) is 31.4 Å². The number of H-pyrrole nitrogens is 1. The van der Waals surface area contributed by atoms with Gasteiger partial charge in [-0.2, -0.15) is 5.10 Å². The second-order valence-corrected chi connectivity index (χ2v) is 6.68. The first kappa shape index (κ1) is 19.3. The molecule has 3 N–H and O–H groups in total. The molecule has 0 aliphatic heterocycles. The summed E-state index contributed by atoms with van der Waals surface area (Å²) in [6.45, 7) is 4.06. The van der Waals surface area contributed by atoms with Crippen molar-refractivity contribution >= 4 is 28.4 Å². The van der Waals surface area contributed by atoms with Crippen molar-refractivity contribution in [1.29, 1.82) is 0 Å². The molecule has 4 rings (SSSR count). The Morgan fingerprint density at radius 3 is 2.77 bits per heavy atom. The second kappa shape index (κ2) is 8.16. The summed E-state index contributed by atoms with van der Waals surface area (Å²) in [6, 6.07) is 12.2. The molecule has 0 saturated carbocycles. The largest absolute Gasteiger partial charge is 0.497 e. The molecular formula is C21H21N5O4. The average Bonchev–Trinajstić information content (AvgIpc) is 3.29. The topological polar surface area (TPSA) is 114 Å². The highest BCUT2D eigenvalue weighted by Gasteiger charge is 2.13. The van der Waals surface area contributed by atoms with Crippen molar-refractivity contribution in [3.63, 3.8) is 0 Å². The van der Waals surface area contributed by atoms with E-state index in [1.165, 1.54) is 0 Å². The van der Waals surface area contributed by atoms with Crippen LogP contribution in [-0.2, 0) is 6.61 Å². The summed E-state index contributed by atoms with van der Waals surface area (Å²) in [5.41, 5.74) is 3.10. The molecule has 9 heteroatoms. The van der Waals surface area contributed by atoms with Crippen LogP contribution in [0.15, 0.2) is 47.0 Å². The fraction of sp³-hybridized carbons (Fsp3) is 0.190. The number of carbonyl (C=O) groups excluding carboxylic acids is 1.